The number of aliphatic hydroxyl groups excluding tert-OH is 1. The van der Waals surface area contributed by atoms with Gasteiger partial charge in [0.25, 0.3) is 0 Å². The summed E-state index contributed by atoms with van der Waals surface area (Å²) in [6.45, 7) is 0.142. The number of benzene rings is 3. The second kappa shape index (κ2) is 8.91. The number of aromatic nitrogens is 2. The molecule has 0 saturated carbocycles. The van der Waals surface area contributed by atoms with E-state index in [0.29, 0.717) is 22.4 Å². The molecule has 1 atom stereocenters. The van der Waals surface area contributed by atoms with Crippen molar-refractivity contribution in [2.75, 3.05) is 11.9 Å². The maximum atomic E-state index is 9.09. The van der Waals surface area contributed by atoms with Crippen LogP contribution in [-0.2, 0) is 12.8 Å². The normalized spacial score (nSPS) is 14.5. The Kier molecular flexibility index (Phi) is 5.83. The monoisotopic (exact) mass is 461 g/mol. The van der Waals surface area contributed by atoms with Crippen molar-refractivity contribution in [3.8, 4) is 11.3 Å². The lowest BCUT2D eigenvalue weighted by Gasteiger charge is -2.27. The van der Waals surface area contributed by atoms with Crippen LogP contribution in [0.3, 0.4) is 0 Å². The summed E-state index contributed by atoms with van der Waals surface area (Å²) < 4.78 is 0. The van der Waals surface area contributed by atoms with Crippen molar-refractivity contribution in [3.63, 3.8) is 0 Å². The molecule has 1 heterocycles. The van der Waals surface area contributed by atoms with E-state index in [1.54, 1.807) is 0 Å². The molecule has 2 N–H and O–H groups in total. The minimum atomic E-state index is 0.142. The smallest absolute Gasteiger partial charge is 0.227 e. The lowest BCUT2D eigenvalue weighted by molar-refractivity contribution is 0.299. The Hall–Kier alpha value is -2.92. The van der Waals surface area contributed by atoms with Gasteiger partial charge >= 0.3 is 0 Å². The predicted molar refractivity (Wildman–Crippen MR) is 130 cm³/mol. The van der Waals surface area contributed by atoms with Crippen LogP contribution in [0.15, 0.2) is 72.9 Å². The van der Waals surface area contributed by atoms with Gasteiger partial charge in [-0.1, -0.05) is 65.7 Å². The number of nitrogens with one attached hydrogen (secondary N) is 1. The summed E-state index contributed by atoms with van der Waals surface area (Å²) in [4.78, 5) is 9.43. The number of aliphatic hydroxyl groups is 1. The van der Waals surface area contributed by atoms with Crippen LogP contribution in [0.25, 0.3) is 11.3 Å². The van der Waals surface area contributed by atoms with Crippen LogP contribution in [0.5, 0.6) is 0 Å². The quantitative estimate of drug-likeness (QED) is 0.360. The molecule has 0 radical (unpaired) electrons. The summed E-state index contributed by atoms with van der Waals surface area (Å²) in [6, 6.07) is 22.1. The molecule has 1 unspecified atom stereocenters. The number of hydrogen-bond donors (Lipinski definition) is 2. The van der Waals surface area contributed by atoms with Crippen LogP contribution in [0.4, 0.5) is 11.6 Å². The fourth-order valence-electron chi connectivity index (χ4n) is 4.24. The van der Waals surface area contributed by atoms with Gasteiger partial charge < -0.3 is 10.4 Å². The van der Waals surface area contributed by atoms with E-state index in [-0.39, 0.29) is 12.5 Å². The van der Waals surface area contributed by atoms with Crippen LogP contribution >= 0.6 is 23.2 Å². The van der Waals surface area contributed by atoms with Crippen molar-refractivity contribution in [3.05, 3.63) is 105 Å². The van der Waals surface area contributed by atoms with Crippen molar-refractivity contribution >= 4 is 34.8 Å². The van der Waals surface area contributed by atoms with E-state index in [9.17, 15) is 0 Å². The van der Waals surface area contributed by atoms with Gasteiger partial charge in [-0.25, -0.2) is 9.97 Å². The molecular formula is C26H21Cl2N3O. The molecule has 0 fully saturated rings. The van der Waals surface area contributed by atoms with Crippen molar-refractivity contribution in [1.82, 2.24) is 9.97 Å². The summed E-state index contributed by atoms with van der Waals surface area (Å²) in [7, 11) is 0. The molecule has 4 nitrogen and oxygen atoms in total. The molecule has 3 aromatic carbocycles. The van der Waals surface area contributed by atoms with Crippen molar-refractivity contribution in [1.29, 1.82) is 0 Å². The zero-order chi connectivity index (χ0) is 22.1. The van der Waals surface area contributed by atoms with Crippen molar-refractivity contribution in [2.24, 2.45) is 0 Å². The van der Waals surface area contributed by atoms with Gasteiger partial charge in [0.15, 0.2) is 0 Å². The van der Waals surface area contributed by atoms with E-state index in [0.717, 1.165) is 40.1 Å². The Labute approximate surface area is 196 Å². The van der Waals surface area contributed by atoms with Gasteiger partial charge in [0.05, 0.1) is 15.7 Å². The molecule has 32 heavy (non-hydrogen) atoms. The standard InChI is InChI=1S/C26H21Cl2N3O/c27-23-10-7-17(14-24(23)28)22-13-18-15-29-26(30-19-8-5-16(6-9-19)11-12-32)31-25(18)21-4-2-1-3-20(21)22/h1-10,14-15,22,32H,11-13H2,(H,29,30,31). The summed E-state index contributed by atoms with van der Waals surface area (Å²) >= 11 is 12.4. The molecule has 1 aromatic heterocycles. The van der Waals surface area contributed by atoms with Gasteiger partial charge in [-0.2, -0.15) is 0 Å². The first-order chi connectivity index (χ1) is 15.6. The third kappa shape index (κ3) is 4.09. The highest BCUT2D eigenvalue weighted by Gasteiger charge is 2.27. The van der Waals surface area contributed by atoms with Crippen LogP contribution < -0.4 is 5.32 Å². The van der Waals surface area contributed by atoms with Gasteiger partial charge in [-0.15, -0.1) is 0 Å². The minimum absolute atomic E-state index is 0.142. The van der Waals surface area contributed by atoms with Crippen LogP contribution in [0, 0.1) is 0 Å². The van der Waals surface area contributed by atoms with Crippen LogP contribution in [0.2, 0.25) is 10.0 Å². The number of anilines is 2. The van der Waals surface area contributed by atoms with Gasteiger partial charge in [0.2, 0.25) is 5.95 Å². The lowest BCUT2D eigenvalue weighted by atomic mass is 9.78. The zero-order valence-electron chi connectivity index (χ0n) is 17.2. The second-order valence-electron chi connectivity index (χ2n) is 7.88. The molecule has 1 aliphatic rings. The molecule has 1 aliphatic carbocycles. The Morgan fingerprint density at radius 3 is 2.56 bits per heavy atom. The van der Waals surface area contributed by atoms with E-state index in [2.05, 4.69) is 28.5 Å². The summed E-state index contributed by atoms with van der Waals surface area (Å²) in [5.41, 5.74) is 7.50. The number of halogens is 2. The Morgan fingerprint density at radius 2 is 1.78 bits per heavy atom. The highest BCUT2D eigenvalue weighted by atomic mass is 35.5. The molecule has 0 amide bonds. The highest BCUT2D eigenvalue weighted by Crippen LogP contribution is 2.42. The van der Waals surface area contributed by atoms with Gasteiger partial charge in [-0.3, -0.25) is 0 Å². The first kappa shape index (κ1) is 21.0. The number of hydrogen-bond acceptors (Lipinski definition) is 4. The Balaban J connectivity index is 1.48. The van der Waals surface area contributed by atoms with E-state index < -0.39 is 0 Å². The summed E-state index contributed by atoms with van der Waals surface area (Å²) in [5, 5.41) is 13.5. The van der Waals surface area contributed by atoms with E-state index in [1.807, 2.05) is 54.7 Å². The molecular weight excluding hydrogens is 441 g/mol. The number of fused-ring (bicyclic) bond motifs is 3. The third-order valence-corrected chi connectivity index (χ3v) is 6.58. The van der Waals surface area contributed by atoms with Crippen molar-refractivity contribution < 1.29 is 5.11 Å². The molecule has 5 rings (SSSR count). The molecule has 0 saturated heterocycles. The van der Waals surface area contributed by atoms with Gasteiger partial charge in [0.1, 0.15) is 0 Å². The maximum Gasteiger partial charge on any atom is 0.227 e. The minimum Gasteiger partial charge on any atom is -0.396 e. The fourth-order valence-corrected chi connectivity index (χ4v) is 4.54. The zero-order valence-corrected chi connectivity index (χ0v) is 18.7. The van der Waals surface area contributed by atoms with E-state index >= 15 is 0 Å². The van der Waals surface area contributed by atoms with Crippen LogP contribution in [0.1, 0.15) is 28.2 Å². The molecule has 0 spiro atoms. The van der Waals surface area contributed by atoms with Crippen molar-refractivity contribution in [2.45, 2.75) is 18.8 Å². The molecule has 160 valence electrons. The maximum absolute atomic E-state index is 9.09. The predicted octanol–water partition coefficient (Wildman–Crippen LogP) is 6.42. The Morgan fingerprint density at radius 1 is 0.969 bits per heavy atom. The molecule has 0 aliphatic heterocycles. The van der Waals surface area contributed by atoms with Crippen LogP contribution in [-0.4, -0.2) is 21.7 Å². The highest BCUT2D eigenvalue weighted by molar-refractivity contribution is 6.42. The lowest BCUT2D eigenvalue weighted by Crippen LogP contribution is -2.15. The average molecular weight is 462 g/mol. The third-order valence-electron chi connectivity index (χ3n) is 5.84. The molecule has 0 bridgehead atoms. The SMILES string of the molecule is OCCc1ccc(Nc2ncc3c(n2)-c2ccccc2C(c2ccc(Cl)c(Cl)c2)C3)cc1. The van der Waals surface area contributed by atoms with Gasteiger partial charge in [-0.05, 0) is 59.4 Å². The summed E-state index contributed by atoms with van der Waals surface area (Å²) in [6.07, 6.45) is 3.35. The second-order valence-corrected chi connectivity index (χ2v) is 8.69. The largest absolute Gasteiger partial charge is 0.396 e. The Bertz CT molecular complexity index is 1270. The summed E-state index contributed by atoms with van der Waals surface area (Å²) in [5.74, 6) is 0.719. The average Bonchev–Trinajstić information content (AvgIpc) is 2.82. The number of nitrogens with zero attached hydrogens (tertiary/aromatic N) is 2. The first-order valence-electron chi connectivity index (χ1n) is 10.5. The fraction of sp³-hybridized carbons (Fsp3) is 0.154. The molecule has 6 heteroatoms. The molecule has 4 aromatic rings. The number of rotatable bonds is 5. The first-order valence-corrected chi connectivity index (χ1v) is 11.2. The van der Waals surface area contributed by atoms with E-state index in [4.69, 9.17) is 33.3 Å². The van der Waals surface area contributed by atoms with Gasteiger partial charge in [0, 0.05) is 30.0 Å². The van der Waals surface area contributed by atoms with E-state index in [1.165, 1.54) is 5.56 Å². The topological polar surface area (TPSA) is 58.0 Å².